The lowest BCUT2D eigenvalue weighted by Gasteiger charge is -2.28. The molecule has 1 amide bonds. The van der Waals surface area contributed by atoms with Crippen molar-refractivity contribution in [1.29, 1.82) is 0 Å². The minimum atomic E-state index is -3.34. The van der Waals surface area contributed by atoms with Crippen molar-refractivity contribution in [1.82, 2.24) is 4.31 Å². The van der Waals surface area contributed by atoms with E-state index in [2.05, 4.69) is 5.32 Å². The lowest BCUT2D eigenvalue weighted by molar-refractivity contribution is -0.116. The van der Waals surface area contributed by atoms with Crippen LogP contribution in [-0.4, -0.2) is 44.1 Å². The number of ether oxygens (including phenoxy) is 1. The second kappa shape index (κ2) is 9.92. The average molecular weight is 383 g/mol. The van der Waals surface area contributed by atoms with Crippen LogP contribution in [0.1, 0.15) is 51.9 Å². The summed E-state index contributed by atoms with van der Waals surface area (Å²) in [6, 6.07) is 7.26. The van der Waals surface area contributed by atoms with Gasteiger partial charge in [-0.1, -0.05) is 37.8 Å². The molecule has 6 nitrogen and oxygen atoms in total. The summed E-state index contributed by atoms with van der Waals surface area (Å²) in [5.41, 5.74) is 0.611. The summed E-state index contributed by atoms with van der Waals surface area (Å²) >= 11 is 0. The molecular formula is C19H30N2O4S. The molecule has 1 aliphatic carbocycles. The van der Waals surface area contributed by atoms with Gasteiger partial charge >= 0.3 is 0 Å². The maximum atomic E-state index is 12.4. The molecule has 2 rings (SSSR count). The SMILES string of the molecule is CCOc1ccccc1NC(=O)CCN(C1CCCCCC1)S(C)(=O)=O. The van der Waals surface area contributed by atoms with Crippen molar-refractivity contribution in [3.05, 3.63) is 24.3 Å². The fourth-order valence-corrected chi connectivity index (χ4v) is 4.62. The summed E-state index contributed by atoms with van der Waals surface area (Å²) in [5, 5.41) is 2.83. The monoisotopic (exact) mass is 382 g/mol. The Bertz CT molecular complexity index is 683. The van der Waals surface area contributed by atoms with Crippen LogP contribution in [0.5, 0.6) is 5.75 Å². The van der Waals surface area contributed by atoms with E-state index in [1.165, 1.54) is 10.6 Å². The quantitative estimate of drug-likeness (QED) is 0.699. The Kier molecular flexibility index (Phi) is 7.90. The third kappa shape index (κ3) is 6.29. The van der Waals surface area contributed by atoms with Gasteiger partial charge in [-0.05, 0) is 31.9 Å². The number of nitrogens with one attached hydrogen (secondary N) is 1. The largest absolute Gasteiger partial charge is 0.492 e. The number of nitrogens with zero attached hydrogens (tertiary/aromatic N) is 1. The van der Waals surface area contributed by atoms with Crippen molar-refractivity contribution in [3.8, 4) is 5.75 Å². The normalized spacial score (nSPS) is 16.3. The Morgan fingerprint density at radius 1 is 1.19 bits per heavy atom. The molecule has 0 heterocycles. The molecular weight excluding hydrogens is 352 g/mol. The molecule has 146 valence electrons. The van der Waals surface area contributed by atoms with E-state index in [0.717, 1.165) is 38.5 Å². The minimum Gasteiger partial charge on any atom is -0.492 e. The molecule has 0 unspecified atom stereocenters. The first-order valence-electron chi connectivity index (χ1n) is 9.40. The van der Waals surface area contributed by atoms with Gasteiger partial charge in [0.05, 0.1) is 18.6 Å². The van der Waals surface area contributed by atoms with Gasteiger partial charge in [-0.3, -0.25) is 4.79 Å². The van der Waals surface area contributed by atoms with Crippen LogP contribution >= 0.6 is 0 Å². The highest BCUT2D eigenvalue weighted by Gasteiger charge is 2.27. The highest BCUT2D eigenvalue weighted by Crippen LogP contribution is 2.25. The summed E-state index contributed by atoms with van der Waals surface area (Å²) in [4.78, 5) is 12.4. The van der Waals surface area contributed by atoms with Crippen molar-refractivity contribution in [2.24, 2.45) is 0 Å². The summed E-state index contributed by atoms with van der Waals surface area (Å²) < 4.78 is 31.5. The van der Waals surface area contributed by atoms with Gasteiger partial charge in [0.15, 0.2) is 0 Å². The van der Waals surface area contributed by atoms with E-state index < -0.39 is 10.0 Å². The van der Waals surface area contributed by atoms with Crippen LogP contribution in [0.15, 0.2) is 24.3 Å². The highest BCUT2D eigenvalue weighted by molar-refractivity contribution is 7.88. The minimum absolute atomic E-state index is 0.0102. The molecule has 1 fully saturated rings. The lowest BCUT2D eigenvalue weighted by Crippen LogP contribution is -2.41. The molecule has 1 aromatic rings. The first-order chi connectivity index (χ1) is 12.4. The van der Waals surface area contributed by atoms with Crippen LogP contribution in [0, 0.1) is 0 Å². The maximum absolute atomic E-state index is 12.4. The second-order valence-electron chi connectivity index (χ2n) is 6.75. The number of carbonyl (C=O) groups is 1. The van der Waals surface area contributed by atoms with E-state index in [9.17, 15) is 13.2 Å². The Hall–Kier alpha value is -1.60. The number of hydrogen-bond acceptors (Lipinski definition) is 4. The number of carbonyl (C=O) groups excluding carboxylic acids is 1. The molecule has 1 N–H and O–H groups in total. The second-order valence-corrected chi connectivity index (χ2v) is 8.68. The molecule has 0 spiro atoms. The third-order valence-corrected chi connectivity index (χ3v) is 6.01. The molecule has 0 saturated heterocycles. The van der Waals surface area contributed by atoms with E-state index in [-0.39, 0.29) is 24.9 Å². The standard InChI is InChI=1S/C19H30N2O4S/c1-3-25-18-13-9-8-12-17(18)20-19(22)14-15-21(26(2,23)24)16-10-6-4-5-7-11-16/h8-9,12-13,16H,3-7,10-11,14-15H2,1-2H3,(H,20,22). The van der Waals surface area contributed by atoms with Crippen molar-refractivity contribution >= 4 is 21.6 Å². The van der Waals surface area contributed by atoms with Gasteiger partial charge in [-0.2, -0.15) is 4.31 Å². The van der Waals surface area contributed by atoms with E-state index in [0.29, 0.717) is 18.0 Å². The van der Waals surface area contributed by atoms with Gasteiger partial charge in [0, 0.05) is 19.0 Å². The summed E-state index contributed by atoms with van der Waals surface area (Å²) in [7, 11) is -3.34. The van der Waals surface area contributed by atoms with Gasteiger partial charge in [0.2, 0.25) is 15.9 Å². The number of para-hydroxylation sites is 2. The van der Waals surface area contributed by atoms with Crippen molar-refractivity contribution in [2.75, 3.05) is 24.7 Å². The van der Waals surface area contributed by atoms with Crippen LogP contribution < -0.4 is 10.1 Å². The van der Waals surface area contributed by atoms with Crippen LogP contribution in [0.2, 0.25) is 0 Å². The third-order valence-electron chi connectivity index (χ3n) is 4.68. The first-order valence-corrected chi connectivity index (χ1v) is 11.2. The fraction of sp³-hybridized carbons (Fsp3) is 0.632. The molecule has 1 saturated carbocycles. The Morgan fingerprint density at radius 2 is 1.85 bits per heavy atom. The van der Waals surface area contributed by atoms with E-state index in [1.807, 2.05) is 19.1 Å². The zero-order valence-electron chi connectivity index (χ0n) is 15.7. The summed E-state index contributed by atoms with van der Waals surface area (Å²) in [6.07, 6.45) is 7.52. The zero-order chi connectivity index (χ0) is 19.0. The Balaban J connectivity index is 1.98. The van der Waals surface area contributed by atoms with Gasteiger partial charge in [-0.25, -0.2) is 8.42 Å². The van der Waals surface area contributed by atoms with Crippen LogP contribution in [-0.2, 0) is 14.8 Å². The zero-order valence-corrected chi connectivity index (χ0v) is 16.6. The number of sulfonamides is 1. The number of rotatable bonds is 8. The molecule has 0 radical (unpaired) electrons. The number of hydrogen-bond donors (Lipinski definition) is 1. The predicted octanol–water partition coefficient (Wildman–Crippen LogP) is 3.40. The van der Waals surface area contributed by atoms with Gasteiger partial charge < -0.3 is 10.1 Å². The predicted molar refractivity (Wildman–Crippen MR) is 104 cm³/mol. The fourth-order valence-electron chi connectivity index (χ4n) is 3.44. The van der Waals surface area contributed by atoms with Gasteiger partial charge in [0.25, 0.3) is 0 Å². The Labute approximate surface area is 157 Å². The molecule has 0 aliphatic heterocycles. The Morgan fingerprint density at radius 3 is 2.46 bits per heavy atom. The van der Waals surface area contributed by atoms with Gasteiger partial charge in [0.1, 0.15) is 5.75 Å². The molecule has 1 aromatic carbocycles. The number of benzene rings is 1. The molecule has 0 aromatic heterocycles. The first kappa shape index (κ1) is 20.7. The summed E-state index contributed by atoms with van der Waals surface area (Å²) in [5.74, 6) is 0.409. The number of anilines is 1. The van der Waals surface area contributed by atoms with Crippen molar-refractivity contribution in [3.63, 3.8) is 0 Å². The van der Waals surface area contributed by atoms with E-state index >= 15 is 0 Å². The molecule has 7 heteroatoms. The van der Waals surface area contributed by atoms with Gasteiger partial charge in [-0.15, -0.1) is 0 Å². The van der Waals surface area contributed by atoms with E-state index in [4.69, 9.17) is 4.74 Å². The molecule has 1 aliphatic rings. The topological polar surface area (TPSA) is 75.7 Å². The molecule has 0 atom stereocenters. The van der Waals surface area contributed by atoms with Crippen molar-refractivity contribution in [2.45, 2.75) is 57.9 Å². The van der Waals surface area contributed by atoms with Crippen LogP contribution in [0.4, 0.5) is 5.69 Å². The van der Waals surface area contributed by atoms with Crippen LogP contribution in [0.3, 0.4) is 0 Å². The maximum Gasteiger partial charge on any atom is 0.225 e. The molecule has 26 heavy (non-hydrogen) atoms. The summed E-state index contributed by atoms with van der Waals surface area (Å²) in [6.45, 7) is 2.61. The number of amides is 1. The van der Waals surface area contributed by atoms with Crippen LogP contribution in [0.25, 0.3) is 0 Å². The average Bonchev–Trinajstić information content (AvgIpc) is 2.85. The molecule has 0 bridgehead atoms. The highest BCUT2D eigenvalue weighted by atomic mass is 32.2. The van der Waals surface area contributed by atoms with Crippen molar-refractivity contribution < 1.29 is 17.9 Å². The van der Waals surface area contributed by atoms with E-state index in [1.54, 1.807) is 12.1 Å². The lowest BCUT2D eigenvalue weighted by atomic mass is 10.1. The smallest absolute Gasteiger partial charge is 0.225 e.